The maximum atomic E-state index is 12.5. The molecule has 1 aliphatic carbocycles. The number of sulfone groups is 1. The topological polar surface area (TPSA) is 67.6 Å². The summed E-state index contributed by atoms with van der Waals surface area (Å²) in [6.07, 6.45) is 7.07. The minimum Gasteiger partial charge on any atom is -0.341 e. The van der Waals surface area contributed by atoms with E-state index in [1.165, 1.54) is 37.0 Å². The van der Waals surface area contributed by atoms with E-state index in [1.54, 1.807) is 12.1 Å². The predicted octanol–water partition coefficient (Wildman–Crippen LogP) is 3.24. The van der Waals surface area contributed by atoms with Crippen molar-refractivity contribution in [2.75, 3.05) is 17.2 Å². The number of imidazole rings is 1. The van der Waals surface area contributed by atoms with Gasteiger partial charge in [-0.05, 0) is 24.5 Å². The van der Waals surface area contributed by atoms with Crippen LogP contribution in [0.2, 0.25) is 0 Å². The first-order valence-electron chi connectivity index (χ1n) is 9.02. The van der Waals surface area contributed by atoms with Crippen LogP contribution in [0.3, 0.4) is 0 Å². The number of aromatic nitrogens is 3. The molecule has 8 heteroatoms. The molecule has 0 bridgehead atoms. The Morgan fingerprint density at radius 1 is 1.15 bits per heavy atom. The monoisotopic (exact) mass is 388 g/mol. The SMILES string of the molecule is O=S1(=O)CCN(c2nn3cc(C4CCCC4)nc3s2)Cc2ccccc21. The van der Waals surface area contributed by atoms with Crippen LogP contribution in [-0.4, -0.2) is 35.3 Å². The number of fused-ring (bicyclic) bond motifs is 2. The second kappa shape index (κ2) is 6.06. The van der Waals surface area contributed by atoms with E-state index in [9.17, 15) is 8.42 Å². The first-order chi connectivity index (χ1) is 12.6. The lowest BCUT2D eigenvalue weighted by atomic mass is 10.1. The minimum atomic E-state index is -3.24. The van der Waals surface area contributed by atoms with Crippen molar-refractivity contribution in [1.29, 1.82) is 0 Å². The fourth-order valence-corrected chi connectivity index (χ4v) is 6.39. The summed E-state index contributed by atoms with van der Waals surface area (Å²) < 4.78 is 26.9. The highest BCUT2D eigenvalue weighted by atomic mass is 32.2. The molecule has 1 saturated carbocycles. The van der Waals surface area contributed by atoms with Gasteiger partial charge in [0.2, 0.25) is 10.1 Å². The number of rotatable bonds is 2. The Kier molecular flexibility index (Phi) is 3.79. The lowest BCUT2D eigenvalue weighted by molar-refractivity contribution is 0.596. The molecule has 26 heavy (non-hydrogen) atoms. The molecule has 0 saturated heterocycles. The van der Waals surface area contributed by atoms with Crippen molar-refractivity contribution in [3.63, 3.8) is 0 Å². The van der Waals surface area contributed by atoms with Gasteiger partial charge in [-0.3, -0.25) is 0 Å². The first-order valence-corrected chi connectivity index (χ1v) is 11.5. The third-order valence-corrected chi connectivity index (χ3v) is 8.17. The highest BCUT2D eigenvalue weighted by Crippen LogP contribution is 2.35. The third-order valence-electron chi connectivity index (χ3n) is 5.39. The summed E-state index contributed by atoms with van der Waals surface area (Å²) in [5.74, 6) is 0.682. The van der Waals surface area contributed by atoms with Gasteiger partial charge in [-0.25, -0.2) is 17.9 Å². The molecule has 3 heterocycles. The summed E-state index contributed by atoms with van der Waals surface area (Å²) in [7, 11) is -3.24. The Morgan fingerprint density at radius 2 is 1.96 bits per heavy atom. The summed E-state index contributed by atoms with van der Waals surface area (Å²) in [4.78, 5) is 8.18. The lowest BCUT2D eigenvalue weighted by Crippen LogP contribution is -2.25. The van der Waals surface area contributed by atoms with Gasteiger partial charge in [0.15, 0.2) is 9.84 Å². The van der Waals surface area contributed by atoms with Crippen LogP contribution in [0.15, 0.2) is 35.4 Å². The van der Waals surface area contributed by atoms with Crippen molar-refractivity contribution in [2.45, 2.75) is 43.0 Å². The van der Waals surface area contributed by atoms with Crippen molar-refractivity contribution >= 4 is 31.3 Å². The molecule has 0 N–H and O–H groups in total. The van der Waals surface area contributed by atoms with Crippen LogP contribution in [-0.2, 0) is 16.4 Å². The molecule has 136 valence electrons. The molecular weight excluding hydrogens is 368 g/mol. The highest BCUT2D eigenvalue weighted by Gasteiger charge is 2.27. The van der Waals surface area contributed by atoms with Gasteiger partial charge >= 0.3 is 0 Å². The van der Waals surface area contributed by atoms with Gasteiger partial charge in [-0.1, -0.05) is 42.4 Å². The predicted molar refractivity (Wildman–Crippen MR) is 102 cm³/mol. The molecule has 1 aromatic carbocycles. The Labute approximate surface area is 156 Å². The molecule has 5 rings (SSSR count). The molecule has 1 aliphatic heterocycles. The quantitative estimate of drug-likeness (QED) is 0.674. The molecule has 2 aliphatic rings. The molecule has 0 spiro atoms. The second-order valence-corrected chi connectivity index (χ2v) is 10.1. The van der Waals surface area contributed by atoms with E-state index >= 15 is 0 Å². The van der Waals surface area contributed by atoms with Gasteiger partial charge < -0.3 is 4.90 Å². The van der Waals surface area contributed by atoms with Gasteiger partial charge in [0, 0.05) is 19.0 Å². The zero-order chi connectivity index (χ0) is 17.7. The van der Waals surface area contributed by atoms with Crippen LogP contribution < -0.4 is 4.90 Å². The van der Waals surface area contributed by atoms with Crippen molar-refractivity contribution in [3.8, 4) is 0 Å². The summed E-state index contributed by atoms with van der Waals surface area (Å²) in [5, 5.41) is 5.53. The summed E-state index contributed by atoms with van der Waals surface area (Å²) in [6.45, 7) is 1.00. The summed E-state index contributed by atoms with van der Waals surface area (Å²) in [5.41, 5.74) is 1.99. The average molecular weight is 389 g/mol. The van der Waals surface area contributed by atoms with E-state index < -0.39 is 9.84 Å². The largest absolute Gasteiger partial charge is 0.341 e. The summed E-state index contributed by atoms with van der Waals surface area (Å²) >= 11 is 1.54. The van der Waals surface area contributed by atoms with Gasteiger partial charge in [0.05, 0.1) is 22.5 Å². The van der Waals surface area contributed by atoms with Gasteiger partial charge in [-0.15, -0.1) is 5.10 Å². The van der Waals surface area contributed by atoms with Crippen molar-refractivity contribution in [2.24, 2.45) is 0 Å². The van der Waals surface area contributed by atoms with E-state index in [1.807, 2.05) is 22.8 Å². The number of nitrogens with zero attached hydrogens (tertiary/aromatic N) is 4. The molecule has 1 fully saturated rings. The van der Waals surface area contributed by atoms with Crippen molar-refractivity contribution < 1.29 is 8.42 Å². The van der Waals surface area contributed by atoms with Crippen LogP contribution in [0.5, 0.6) is 0 Å². The maximum absolute atomic E-state index is 12.5. The molecule has 3 aromatic rings. The maximum Gasteiger partial charge on any atom is 0.214 e. The third kappa shape index (κ3) is 2.72. The number of anilines is 1. The first kappa shape index (κ1) is 16.3. The Balaban J connectivity index is 1.47. The van der Waals surface area contributed by atoms with E-state index in [0.29, 0.717) is 23.9 Å². The van der Waals surface area contributed by atoms with E-state index in [-0.39, 0.29) is 5.75 Å². The molecule has 0 atom stereocenters. The molecule has 0 unspecified atom stereocenters. The number of benzene rings is 1. The van der Waals surface area contributed by atoms with Crippen LogP contribution in [0, 0.1) is 0 Å². The van der Waals surface area contributed by atoms with Crippen molar-refractivity contribution in [1.82, 2.24) is 14.6 Å². The zero-order valence-electron chi connectivity index (χ0n) is 14.3. The number of hydrogen-bond acceptors (Lipinski definition) is 6. The van der Waals surface area contributed by atoms with Gasteiger partial charge in [0.25, 0.3) is 0 Å². The second-order valence-electron chi connectivity index (χ2n) is 7.11. The van der Waals surface area contributed by atoms with Crippen molar-refractivity contribution in [3.05, 3.63) is 41.7 Å². The van der Waals surface area contributed by atoms with Gasteiger partial charge in [0.1, 0.15) is 0 Å². The van der Waals surface area contributed by atoms with E-state index in [0.717, 1.165) is 21.3 Å². The molecule has 0 radical (unpaired) electrons. The smallest absolute Gasteiger partial charge is 0.214 e. The molecular formula is C18H20N4O2S2. The fourth-order valence-electron chi connectivity index (χ4n) is 3.98. The normalized spacial score (nSPS) is 20.4. The fraction of sp³-hybridized carbons (Fsp3) is 0.444. The number of hydrogen-bond donors (Lipinski definition) is 0. The van der Waals surface area contributed by atoms with Crippen LogP contribution >= 0.6 is 11.3 Å². The Bertz CT molecular complexity index is 1030. The molecule has 2 aromatic heterocycles. The molecule has 6 nitrogen and oxygen atoms in total. The van der Waals surface area contributed by atoms with Crippen LogP contribution in [0.4, 0.5) is 5.13 Å². The van der Waals surface area contributed by atoms with E-state index in [4.69, 9.17) is 10.1 Å². The van der Waals surface area contributed by atoms with Gasteiger partial charge in [-0.2, -0.15) is 0 Å². The lowest BCUT2D eigenvalue weighted by Gasteiger charge is -2.18. The summed E-state index contributed by atoms with van der Waals surface area (Å²) in [6, 6.07) is 7.27. The molecule has 0 amide bonds. The zero-order valence-corrected chi connectivity index (χ0v) is 16.0. The standard InChI is InChI=1S/C18H20N4O2S2/c23-26(24)10-9-21(11-14-7-3-4-8-16(14)26)18-20-22-12-15(19-17(22)25-18)13-5-1-2-6-13/h3-4,7-8,12-13H,1-2,5-6,9-11H2. The Morgan fingerprint density at radius 3 is 2.77 bits per heavy atom. The van der Waals surface area contributed by atoms with Crippen LogP contribution in [0.1, 0.15) is 42.9 Å². The minimum absolute atomic E-state index is 0.110. The Hall–Kier alpha value is -1.93. The van der Waals surface area contributed by atoms with E-state index in [2.05, 4.69) is 4.90 Å². The van der Waals surface area contributed by atoms with Crippen LogP contribution in [0.25, 0.3) is 4.96 Å². The average Bonchev–Trinajstić information content (AvgIpc) is 3.32. The highest BCUT2D eigenvalue weighted by molar-refractivity contribution is 7.91.